The zero-order chi connectivity index (χ0) is 18.3. The summed E-state index contributed by atoms with van der Waals surface area (Å²) >= 11 is 0. The monoisotopic (exact) mass is 343 g/mol. The Morgan fingerprint density at radius 2 is 1.79 bits per heavy atom. The standard InChI is InChI=1S/C16H19F2NO5/c1-3-24-14(21)4-9(2)15(16(22)23)19-13(20)7-10-5-11(17)8-12(18)6-10/h5-6,8-9,15H,3-4,7H2,1-2H3,(H,19,20)(H,22,23)/t9-,15-/m0/s1. The molecule has 0 unspecified atom stereocenters. The summed E-state index contributed by atoms with van der Waals surface area (Å²) in [6.07, 6.45) is -0.565. The Labute approximate surface area is 137 Å². The van der Waals surface area contributed by atoms with Crippen molar-refractivity contribution in [1.82, 2.24) is 5.32 Å². The molecule has 132 valence electrons. The second-order valence-electron chi connectivity index (χ2n) is 5.32. The van der Waals surface area contributed by atoms with Crippen LogP contribution in [0.4, 0.5) is 8.78 Å². The van der Waals surface area contributed by atoms with Crippen molar-refractivity contribution in [2.45, 2.75) is 32.7 Å². The molecule has 0 fully saturated rings. The molecule has 0 saturated heterocycles. The number of carbonyl (C=O) groups excluding carboxylic acids is 2. The van der Waals surface area contributed by atoms with Crippen LogP contribution >= 0.6 is 0 Å². The van der Waals surface area contributed by atoms with E-state index in [1.165, 1.54) is 6.92 Å². The third kappa shape index (κ3) is 6.31. The molecule has 0 aliphatic rings. The maximum absolute atomic E-state index is 13.1. The van der Waals surface area contributed by atoms with Gasteiger partial charge in [-0.25, -0.2) is 13.6 Å². The lowest BCUT2D eigenvalue weighted by Crippen LogP contribution is -2.46. The number of ether oxygens (including phenoxy) is 1. The smallest absolute Gasteiger partial charge is 0.326 e. The fourth-order valence-corrected chi connectivity index (χ4v) is 2.17. The Morgan fingerprint density at radius 3 is 2.29 bits per heavy atom. The van der Waals surface area contributed by atoms with Crippen LogP contribution in [0.5, 0.6) is 0 Å². The van der Waals surface area contributed by atoms with Crippen molar-refractivity contribution >= 4 is 17.8 Å². The quantitative estimate of drug-likeness (QED) is 0.701. The fraction of sp³-hybridized carbons (Fsp3) is 0.438. The fourth-order valence-electron chi connectivity index (χ4n) is 2.17. The molecule has 0 aromatic heterocycles. The number of amides is 1. The van der Waals surface area contributed by atoms with Gasteiger partial charge in [0.25, 0.3) is 0 Å². The lowest BCUT2D eigenvalue weighted by molar-refractivity contribution is -0.147. The van der Waals surface area contributed by atoms with Crippen LogP contribution in [0.15, 0.2) is 18.2 Å². The van der Waals surface area contributed by atoms with Gasteiger partial charge >= 0.3 is 11.9 Å². The van der Waals surface area contributed by atoms with E-state index in [1.807, 2.05) is 0 Å². The molecule has 0 aliphatic heterocycles. The van der Waals surface area contributed by atoms with Gasteiger partial charge in [0.05, 0.1) is 19.4 Å². The van der Waals surface area contributed by atoms with Gasteiger partial charge in [0.2, 0.25) is 5.91 Å². The predicted molar refractivity (Wildman–Crippen MR) is 80.0 cm³/mol. The van der Waals surface area contributed by atoms with Gasteiger partial charge in [-0.1, -0.05) is 6.92 Å². The van der Waals surface area contributed by atoms with E-state index in [0.717, 1.165) is 12.1 Å². The Kier molecular flexibility index (Phi) is 7.29. The van der Waals surface area contributed by atoms with Gasteiger partial charge in [0.1, 0.15) is 17.7 Å². The largest absolute Gasteiger partial charge is 0.480 e. The molecule has 2 atom stereocenters. The van der Waals surface area contributed by atoms with Crippen LogP contribution < -0.4 is 5.32 Å². The average molecular weight is 343 g/mol. The third-order valence-electron chi connectivity index (χ3n) is 3.23. The lowest BCUT2D eigenvalue weighted by atomic mass is 9.98. The maximum atomic E-state index is 13.1. The molecule has 0 bridgehead atoms. The molecule has 1 rings (SSSR count). The summed E-state index contributed by atoms with van der Waals surface area (Å²) in [6.45, 7) is 3.27. The number of carboxylic acids is 1. The topological polar surface area (TPSA) is 92.7 Å². The highest BCUT2D eigenvalue weighted by Crippen LogP contribution is 2.12. The molecule has 1 aromatic carbocycles. The average Bonchev–Trinajstić information content (AvgIpc) is 2.43. The molecule has 0 saturated carbocycles. The number of aliphatic carboxylic acids is 1. The number of nitrogens with one attached hydrogen (secondary N) is 1. The lowest BCUT2D eigenvalue weighted by Gasteiger charge is -2.20. The van der Waals surface area contributed by atoms with Crippen molar-refractivity contribution in [3.8, 4) is 0 Å². The first-order valence-corrected chi connectivity index (χ1v) is 7.35. The van der Waals surface area contributed by atoms with Gasteiger partial charge in [-0.3, -0.25) is 9.59 Å². The third-order valence-corrected chi connectivity index (χ3v) is 3.23. The summed E-state index contributed by atoms with van der Waals surface area (Å²) in [5, 5.41) is 11.5. The normalized spacial score (nSPS) is 13.0. The minimum absolute atomic E-state index is 0.0761. The summed E-state index contributed by atoms with van der Waals surface area (Å²) in [4.78, 5) is 34.6. The van der Waals surface area contributed by atoms with E-state index in [-0.39, 0.29) is 25.0 Å². The highest BCUT2D eigenvalue weighted by atomic mass is 19.1. The number of hydrogen-bond acceptors (Lipinski definition) is 4. The molecule has 1 amide bonds. The van der Waals surface area contributed by atoms with Crippen LogP contribution in [-0.4, -0.2) is 35.6 Å². The number of carbonyl (C=O) groups is 3. The van der Waals surface area contributed by atoms with Crippen molar-refractivity contribution in [3.63, 3.8) is 0 Å². The van der Waals surface area contributed by atoms with E-state index >= 15 is 0 Å². The highest BCUT2D eigenvalue weighted by Gasteiger charge is 2.28. The van der Waals surface area contributed by atoms with E-state index in [1.54, 1.807) is 6.92 Å². The van der Waals surface area contributed by atoms with Gasteiger partial charge in [0.15, 0.2) is 0 Å². The van der Waals surface area contributed by atoms with Gasteiger partial charge < -0.3 is 15.2 Å². The molecule has 2 N–H and O–H groups in total. The van der Waals surface area contributed by atoms with Crippen LogP contribution in [0.25, 0.3) is 0 Å². The van der Waals surface area contributed by atoms with E-state index in [4.69, 9.17) is 4.74 Å². The molecular weight excluding hydrogens is 324 g/mol. The number of esters is 1. The molecule has 0 heterocycles. The number of hydrogen-bond donors (Lipinski definition) is 2. The minimum Gasteiger partial charge on any atom is -0.480 e. The number of benzene rings is 1. The second-order valence-corrected chi connectivity index (χ2v) is 5.32. The molecular formula is C16H19F2NO5. The van der Waals surface area contributed by atoms with Crippen LogP contribution in [0.3, 0.4) is 0 Å². The summed E-state index contributed by atoms with van der Waals surface area (Å²) < 4.78 is 30.9. The Bertz CT molecular complexity index is 600. The first-order chi connectivity index (χ1) is 11.2. The first-order valence-electron chi connectivity index (χ1n) is 7.35. The molecule has 0 radical (unpaired) electrons. The SMILES string of the molecule is CCOC(=O)C[C@H](C)[C@H](NC(=O)Cc1cc(F)cc(F)c1)C(=O)O. The zero-order valence-corrected chi connectivity index (χ0v) is 13.3. The number of carboxylic acid groups (broad SMARTS) is 1. The first kappa shape index (κ1) is 19.5. The predicted octanol–water partition coefficient (Wildman–Crippen LogP) is 1.67. The molecule has 6 nitrogen and oxygen atoms in total. The van der Waals surface area contributed by atoms with E-state index in [9.17, 15) is 28.3 Å². The van der Waals surface area contributed by atoms with Gasteiger partial charge in [-0.05, 0) is 30.5 Å². The van der Waals surface area contributed by atoms with Gasteiger partial charge in [0, 0.05) is 6.07 Å². The molecule has 0 aliphatic carbocycles. The summed E-state index contributed by atoms with van der Waals surface area (Å²) in [5.41, 5.74) is 0.0761. The van der Waals surface area contributed by atoms with Crippen LogP contribution in [0, 0.1) is 17.6 Å². The van der Waals surface area contributed by atoms with Gasteiger partial charge in [-0.2, -0.15) is 0 Å². The van der Waals surface area contributed by atoms with Crippen molar-refractivity contribution < 1.29 is 33.0 Å². The maximum Gasteiger partial charge on any atom is 0.326 e. The van der Waals surface area contributed by atoms with E-state index in [2.05, 4.69) is 5.32 Å². The Hall–Kier alpha value is -2.51. The Balaban J connectivity index is 2.71. The van der Waals surface area contributed by atoms with E-state index < -0.39 is 41.4 Å². The van der Waals surface area contributed by atoms with Crippen molar-refractivity contribution in [1.29, 1.82) is 0 Å². The second kappa shape index (κ2) is 8.95. The molecule has 24 heavy (non-hydrogen) atoms. The number of halogens is 2. The molecule has 0 spiro atoms. The molecule has 8 heteroatoms. The minimum atomic E-state index is -1.32. The van der Waals surface area contributed by atoms with Crippen molar-refractivity contribution in [2.75, 3.05) is 6.61 Å². The van der Waals surface area contributed by atoms with E-state index in [0.29, 0.717) is 6.07 Å². The highest BCUT2D eigenvalue weighted by molar-refractivity contribution is 5.85. The van der Waals surface area contributed by atoms with Crippen LogP contribution in [0.2, 0.25) is 0 Å². The molecule has 1 aromatic rings. The number of rotatable bonds is 8. The Morgan fingerprint density at radius 1 is 1.21 bits per heavy atom. The van der Waals surface area contributed by atoms with Crippen molar-refractivity contribution in [2.24, 2.45) is 5.92 Å². The van der Waals surface area contributed by atoms with Crippen LogP contribution in [-0.2, 0) is 25.5 Å². The van der Waals surface area contributed by atoms with Gasteiger partial charge in [-0.15, -0.1) is 0 Å². The van der Waals surface area contributed by atoms with Crippen molar-refractivity contribution in [3.05, 3.63) is 35.4 Å². The summed E-state index contributed by atoms with van der Waals surface area (Å²) in [5.74, 6) is -4.98. The summed E-state index contributed by atoms with van der Waals surface area (Å²) in [6, 6.07) is 1.32. The summed E-state index contributed by atoms with van der Waals surface area (Å²) in [7, 11) is 0. The van der Waals surface area contributed by atoms with Crippen LogP contribution in [0.1, 0.15) is 25.8 Å². The zero-order valence-electron chi connectivity index (χ0n) is 13.3.